The van der Waals surface area contributed by atoms with Gasteiger partial charge >= 0.3 is 0 Å². The molecule has 0 aromatic rings. The van der Waals surface area contributed by atoms with Gasteiger partial charge in [-0.1, -0.05) is 25.0 Å². The molecular weight excluding hydrogens is 226 g/mol. The summed E-state index contributed by atoms with van der Waals surface area (Å²) < 4.78 is 6.00. The van der Waals surface area contributed by atoms with Crippen LogP contribution in [0.3, 0.4) is 0 Å². The standard InChI is InChI=1S/C15H23NO2/c16-13-4-3-11(9-13)14(17)12-5-8-18-15(10-12)6-1-2-7-15/h3-4,11-13H,1-2,5-10,16H2. The van der Waals surface area contributed by atoms with E-state index in [1.807, 2.05) is 12.2 Å². The summed E-state index contributed by atoms with van der Waals surface area (Å²) in [5, 5.41) is 0. The van der Waals surface area contributed by atoms with Crippen molar-refractivity contribution in [3.63, 3.8) is 0 Å². The second kappa shape index (κ2) is 4.78. The lowest BCUT2D eigenvalue weighted by Crippen LogP contribution is -2.41. The monoisotopic (exact) mass is 249 g/mol. The van der Waals surface area contributed by atoms with Gasteiger partial charge in [-0.3, -0.25) is 4.79 Å². The number of ketones is 1. The van der Waals surface area contributed by atoms with E-state index in [2.05, 4.69) is 0 Å². The first kappa shape index (κ1) is 12.4. The van der Waals surface area contributed by atoms with Gasteiger partial charge in [-0.2, -0.15) is 0 Å². The smallest absolute Gasteiger partial charge is 0.143 e. The van der Waals surface area contributed by atoms with Crippen molar-refractivity contribution in [1.29, 1.82) is 0 Å². The van der Waals surface area contributed by atoms with Crippen LogP contribution in [0.1, 0.15) is 44.9 Å². The van der Waals surface area contributed by atoms with Gasteiger partial charge in [0.2, 0.25) is 0 Å². The highest BCUT2D eigenvalue weighted by Crippen LogP contribution is 2.43. The Labute approximate surface area is 109 Å². The van der Waals surface area contributed by atoms with E-state index in [0.29, 0.717) is 5.78 Å². The maximum absolute atomic E-state index is 12.5. The normalized spacial score (nSPS) is 38.4. The fraction of sp³-hybridized carbons (Fsp3) is 0.800. The predicted octanol–water partition coefficient (Wildman–Crippen LogP) is 2.20. The lowest BCUT2D eigenvalue weighted by atomic mass is 9.79. The molecule has 1 saturated heterocycles. The summed E-state index contributed by atoms with van der Waals surface area (Å²) >= 11 is 0. The van der Waals surface area contributed by atoms with E-state index in [0.717, 1.165) is 38.7 Å². The largest absolute Gasteiger partial charge is 0.375 e. The van der Waals surface area contributed by atoms with Crippen LogP contribution in [-0.4, -0.2) is 24.0 Å². The van der Waals surface area contributed by atoms with E-state index in [-0.39, 0.29) is 23.5 Å². The maximum Gasteiger partial charge on any atom is 0.143 e. The number of Topliss-reactive ketones (excluding diaryl/α,β-unsaturated/α-hetero) is 1. The fourth-order valence-electron chi connectivity index (χ4n) is 3.88. The number of nitrogens with two attached hydrogens (primary N) is 1. The molecule has 3 heteroatoms. The van der Waals surface area contributed by atoms with Crippen molar-refractivity contribution in [3.05, 3.63) is 12.2 Å². The third kappa shape index (κ3) is 2.26. The number of rotatable bonds is 2. The van der Waals surface area contributed by atoms with Crippen molar-refractivity contribution in [2.75, 3.05) is 6.61 Å². The molecule has 0 amide bonds. The molecule has 3 aliphatic rings. The third-order valence-electron chi connectivity index (χ3n) is 4.89. The van der Waals surface area contributed by atoms with E-state index in [1.54, 1.807) is 0 Å². The molecule has 3 nitrogen and oxygen atoms in total. The molecule has 3 atom stereocenters. The summed E-state index contributed by atoms with van der Waals surface area (Å²) in [5.74, 6) is 0.687. The Balaban J connectivity index is 1.65. The van der Waals surface area contributed by atoms with Crippen molar-refractivity contribution < 1.29 is 9.53 Å². The molecule has 2 N–H and O–H groups in total. The zero-order valence-corrected chi connectivity index (χ0v) is 10.9. The van der Waals surface area contributed by atoms with Gasteiger partial charge in [0.1, 0.15) is 5.78 Å². The number of hydrogen-bond acceptors (Lipinski definition) is 3. The highest BCUT2D eigenvalue weighted by atomic mass is 16.5. The molecule has 3 rings (SSSR count). The molecule has 1 spiro atoms. The Morgan fingerprint density at radius 1 is 1.28 bits per heavy atom. The first-order chi connectivity index (χ1) is 8.69. The van der Waals surface area contributed by atoms with E-state index < -0.39 is 0 Å². The summed E-state index contributed by atoms with van der Waals surface area (Å²) in [6, 6.07) is 0.0826. The minimum absolute atomic E-state index is 0.0447. The van der Waals surface area contributed by atoms with Crippen LogP contribution in [0.2, 0.25) is 0 Å². The van der Waals surface area contributed by atoms with Crippen LogP contribution in [0.25, 0.3) is 0 Å². The summed E-state index contributed by atoms with van der Waals surface area (Å²) in [4.78, 5) is 12.5. The van der Waals surface area contributed by atoms with Gasteiger partial charge in [-0.05, 0) is 32.1 Å². The van der Waals surface area contributed by atoms with E-state index in [4.69, 9.17) is 10.5 Å². The van der Waals surface area contributed by atoms with Gasteiger partial charge in [-0.15, -0.1) is 0 Å². The topological polar surface area (TPSA) is 52.3 Å². The number of carbonyl (C=O) groups is 1. The lowest BCUT2D eigenvalue weighted by Gasteiger charge is -2.38. The van der Waals surface area contributed by atoms with E-state index in [1.165, 1.54) is 12.8 Å². The molecule has 1 aliphatic heterocycles. The Bertz CT molecular complexity index is 358. The van der Waals surface area contributed by atoms with Gasteiger partial charge in [-0.25, -0.2) is 0 Å². The van der Waals surface area contributed by atoms with Crippen LogP contribution in [0.5, 0.6) is 0 Å². The molecule has 1 saturated carbocycles. The molecule has 0 aromatic carbocycles. The number of allylic oxidation sites excluding steroid dienone is 1. The minimum atomic E-state index is 0.0447. The minimum Gasteiger partial charge on any atom is -0.375 e. The van der Waals surface area contributed by atoms with Crippen LogP contribution < -0.4 is 5.73 Å². The Hall–Kier alpha value is -0.670. The highest BCUT2D eigenvalue weighted by Gasteiger charge is 2.43. The Kier molecular flexibility index (Phi) is 3.29. The van der Waals surface area contributed by atoms with Crippen LogP contribution in [0, 0.1) is 11.8 Å². The molecular formula is C15H23NO2. The Morgan fingerprint density at radius 3 is 2.72 bits per heavy atom. The average Bonchev–Trinajstić information content (AvgIpc) is 2.98. The van der Waals surface area contributed by atoms with Crippen LogP contribution >= 0.6 is 0 Å². The second-order valence-electron chi connectivity index (χ2n) is 6.22. The summed E-state index contributed by atoms with van der Waals surface area (Å²) in [6.45, 7) is 0.763. The summed E-state index contributed by atoms with van der Waals surface area (Å²) in [5.41, 5.74) is 5.89. The zero-order chi connectivity index (χ0) is 12.6. The summed E-state index contributed by atoms with van der Waals surface area (Å²) in [7, 11) is 0. The quantitative estimate of drug-likeness (QED) is 0.763. The molecule has 3 unspecified atom stereocenters. The van der Waals surface area contributed by atoms with E-state index >= 15 is 0 Å². The second-order valence-corrected chi connectivity index (χ2v) is 6.22. The molecule has 0 radical (unpaired) electrons. The van der Waals surface area contributed by atoms with Gasteiger partial charge in [0.25, 0.3) is 0 Å². The van der Waals surface area contributed by atoms with Crippen LogP contribution in [-0.2, 0) is 9.53 Å². The van der Waals surface area contributed by atoms with Gasteiger partial charge in [0.05, 0.1) is 5.60 Å². The van der Waals surface area contributed by atoms with E-state index in [9.17, 15) is 4.79 Å². The summed E-state index contributed by atoms with van der Waals surface area (Å²) in [6.07, 6.45) is 11.5. The number of hydrogen-bond donors (Lipinski definition) is 1. The van der Waals surface area contributed by atoms with Crippen molar-refractivity contribution in [2.45, 2.75) is 56.6 Å². The first-order valence-electron chi connectivity index (χ1n) is 7.30. The molecule has 100 valence electrons. The number of ether oxygens (including phenoxy) is 1. The average molecular weight is 249 g/mol. The van der Waals surface area contributed by atoms with Crippen LogP contribution in [0.15, 0.2) is 12.2 Å². The third-order valence-corrected chi connectivity index (χ3v) is 4.89. The van der Waals surface area contributed by atoms with Gasteiger partial charge in [0, 0.05) is 24.5 Å². The predicted molar refractivity (Wildman–Crippen MR) is 70.1 cm³/mol. The van der Waals surface area contributed by atoms with Gasteiger partial charge < -0.3 is 10.5 Å². The highest BCUT2D eigenvalue weighted by molar-refractivity contribution is 5.85. The maximum atomic E-state index is 12.5. The number of carbonyl (C=O) groups excluding carboxylic acids is 1. The Morgan fingerprint density at radius 2 is 2.06 bits per heavy atom. The molecule has 2 fully saturated rings. The van der Waals surface area contributed by atoms with Crippen molar-refractivity contribution in [2.24, 2.45) is 17.6 Å². The van der Waals surface area contributed by atoms with Crippen molar-refractivity contribution in [1.82, 2.24) is 0 Å². The SMILES string of the molecule is NC1C=CC(C(=O)C2CCOC3(CCCC3)C2)C1. The first-order valence-corrected chi connectivity index (χ1v) is 7.30. The lowest BCUT2D eigenvalue weighted by molar-refractivity contribution is -0.138. The van der Waals surface area contributed by atoms with Gasteiger partial charge in [0.15, 0.2) is 0 Å². The van der Waals surface area contributed by atoms with Crippen molar-refractivity contribution in [3.8, 4) is 0 Å². The molecule has 2 aliphatic carbocycles. The van der Waals surface area contributed by atoms with Crippen molar-refractivity contribution >= 4 is 5.78 Å². The zero-order valence-electron chi connectivity index (χ0n) is 10.9. The molecule has 1 heterocycles. The molecule has 0 aromatic heterocycles. The molecule has 18 heavy (non-hydrogen) atoms. The fourth-order valence-corrected chi connectivity index (χ4v) is 3.88. The van der Waals surface area contributed by atoms with Crippen LogP contribution in [0.4, 0.5) is 0 Å². The molecule has 0 bridgehead atoms.